The van der Waals surface area contributed by atoms with Gasteiger partial charge in [-0.1, -0.05) is 24.5 Å². The number of aromatic nitrogens is 3. The standard InChI is InChI=1S/C12H19N3O/c1-9(2)15-11(8-16)12(13-14-15)10-6-4-3-5-7-10/h8-10H,3-7H2,1-2H3. The molecule has 0 unspecified atom stereocenters. The van der Waals surface area contributed by atoms with Crippen LogP contribution in [0.4, 0.5) is 0 Å². The molecule has 1 aliphatic rings. The number of carbonyl (C=O) groups excluding carboxylic acids is 1. The van der Waals surface area contributed by atoms with E-state index in [1.807, 2.05) is 13.8 Å². The summed E-state index contributed by atoms with van der Waals surface area (Å²) in [5.41, 5.74) is 1.60. The Morgan fingerprint density at radius 2 is 2.00 bits per heavy atom. The van der Waals surface area contributed by atoms with E-state index in [2.05, 4.69) is 10.3 Å². The van der Waals surface area contributed by atoms with Gasteiger partial charge in [-0.25, -0.2) is 4.68 Å². The van der Waals surface area contributed by atoms with Crippen LogP contribution >= 0.6 is 0 Å². The van der Waals surface area contributed by atoms with Crippen LogP contribution in [-0.4, -0.2) is 21.3 Å². The van der Waals surface area contributed by atoms with Crippen LogP contribution in [0.2, 0.25) is 0 Å². The molecule has 0 aromatic carbocycles. The third-order valence-electron chi connectivity index (χ3n) is 3.35. The van der Waals surface area contributed by atoms with Gasteiger partial charge in [-0.15, -0.1) is 5.10 Å². The molecular weight excluding hydrogens is 202 g/mol. The average Bonchev–Trinajstić information content (AvgIpc) is 2.73. The minimum Gasteiger partial charge on any atom is -0.296 e. The summed E-state index contributed by atoms with van der Waals surface area (Å²) in [4.78, 5) is 11.2. The van der Waals surface area contributed by atoms with Crippen molar-refractivity contribution in [3.8, 4) is 0 Å². The molecule has 1 aromatic heterocycles. The SMILES string of the molecule is CC(C)n1nnc(C2CCCCC2)c1C=O. The predicted molar refractivity (Wildman–Crippen MR) is 61.6 cm³/mol. The summed E-state index contributed by atoms with van der Waals surface area (Å²) in [6, 6.07) is 0.199. The molecule has 1 saturated carbocycles. The molecule has 0 radical (unpaired) electrons. The van der Waals surface area contributed by atoms with Crippen molar-refractivity contribution < 1.29 is 4.79 Å². The first-order chi connectivity index (χ1) is 7.74. The summed E-state index contributed by atoms with van der Waals surface area (Å²) in [5.74, 6) is 0.446. The number of nitrogens with zero attached hydrogens (tertiary/aromatic N) is 3. The Bertz CT molecular complexity index is 364. The van der Waals surface area contributed by atoms with E-state index in [9.17, 15) is 4.79 Å². The van der Waals surface area contributed by atoms with Crippen molar-refractivity contribution in [3.05, 3.63) is 11.4 Å². The van der Waals surface area contributed by atoms with Crippen molar-refractivity contribution in [1.29, 1.82) is 0 Å². The van der Waals surface area contributed by atoms with Crippen molar-refractivity contribution in [3.63, 3.8) is 0 Å². The van der Waals surface area contributed by atoms with Gasteiger partial charge in [-0.05, 0) is 26.7 Å². The van der Waals surface area contributed by atoms with E-state index >= 15 is 0 Å². The molecule has 1 fully saturated rings. The van der Waals surface area contributed by atoms with Crippen LogP contribution in [0.25, 0.3) is 0 Å². The molecule has 0 atom stereocenters. The Balaban J connectivity index is 2.29. The molecule has 4 heteroatoms. The highest BCUT2D eigenvalue weighted by atomic mass is 16.1. The molecule has 1 heterocycles. The van der Waals surface area contributed by atoms with E-state index in [1.54, 1.807) is 4.68 Å². The summed E-state index contributed by atoms with van der Waals surface area (Å²) in [6.45, 7) is 4.04. The van der Waals surface area contributed by atoms with Gasteiger partial charge in [-0.2, -0.15) is 0 Å². The normalized spacial score (nSPS) is 17.9. The van der Waals surface area contributed by atoms with Crippen molar-refractivity contribution in [2.24, 2.45) is 0 Å². The zero-order valence-electron chi connectivity index (χ0n) is 10.0. The van der Waals surface area contributed by atoms with Gasteiger partial charge < -0.3 is 0 Å². The first-order valence-electron chi connectivity index (χ1n) is 6.14. The Hall–Kier alpha value is -1.19. The number of hydrogen-bond acceptors (Lipinski definition) is 3. The molecule has 0 amide bonds. The predicted octanol–water partition coefficient (Wildman–Crippen LogP) is 2.72. The minimum atomic E-state index is 0.199. The second-order valence-electron chi connectivity index (χ2n) is 4.85. The maximum atomic E-state index is 11.2. The van der Waals surface area contributed by atoms with E-state index in [4.69, 9.17) is 0 Å². The quantitative estimate of drug-likeness (QED) is 0.737. The van der Waals surface area contributed by atoms with E-state index in [0.717, 1.165) is 24.8 Å². The topological polar surface area (TPSA) is 47.8 Å². The molecule has 4 nitrogen and oxygen atoms in total. The van der Waals surface area contributed by atoms with Gasteiger partial charge in [0.15, 0.2) is 6.29 Å². The van der Waals surface area contributed by atoms with Crippen molar-refractivity contribution in [1.82, 2.24) is 15.0 Å². The third kappa shape index (κ3) is 2.01. The van der Waals surface area contributed by atoms with Crippen molar-refractivity contribution >= 4 is 6.29 Å². The molecule has 0 bridgehead atoms. The van der Waals surface area contributed by atoms with Crippen LogP contribution in [-0.2, 0) is 0 Å². The molecule has 0 saturated heterocycles. The molecule has 0 aliphatic heterocycles. The first-order valence-corrected chi connectivity index (χ1v) is 6.14. The summed E-state index contributed by atoms with van der Waals surface area (Å²) >= 11 is 0. The molecule has 88 valence electrons. The maximum absolute atomic E-state index is 11.2. The van der Waals surface area contributed by atoms with Crippen molar-refractivity contribution in [2.45, 2.75) is 57.9 Å². The molecule has 1 aromatic rings. The molecule has 16 heavy (non-hydrogen) atoms. The second-order valence-corrected chi connectivity index (χ2v) is 4.85. The smallest absolute Gasteiger partial charge is 0.170 e. The van der Waals surface area contributed by atoms with Gasteiger partial charge in [0.25, 0.3) is 0 Å². The van der Waals surface area contributed by atoms with E-state index in [1.165, 1.54) is 19.3 Å². The largest absolute Gasteiger partial charge is 0.296 e. The zero-order valence-corrected chi connectivity index (χ0v) is 10.0. The summed E-state index contributed by atoms with van der Waals surface area (Å²) in [6.07, 6.45) is 7.01. The lowest BCUT2D eigenvalue weighted by Gasteiger charge is -2.19. The van der Waals surface area contributed by atoms with E-state index in [0.29, 0.717) is 11.6 Å². The van der Waals surface area contributed by atoms with Crippen LogP contribution in [0.1, 0.15) is 74.1 Å². The molecule has 0 spiro atoms. The van der Waals surface area contributed by atoms with Gasteiger partial charge in [0.2, 0.25) is 0 Å². The monoisotopic (exact) mass is 221 g/mol. The lowest BCUT2D eigenvalue weighted by Crippen LogP contribution is -2.11. The van der Waals surface area contributed by atoms with Crippen LogP contribution in [0.15, 0.2) is 0 Å². The summed E-state index contributed by atoms with van der Waals surface area (Å²) in [7, 11) is 0. The van der Waals surface area contributed by atoms with Gasteiger partial charge >= 0.3 is 0 Å². The lowest BCUT2D eigenvalue weighted by atomic mass is 9.86. The highest BCUT2D eigenvalue weighted by Crippen LogP contribution is 2.33. The Kier molecular flexibility index (Phi) is 3.36. The van der Waals surface area contributed by atoms with Crippen LogP contribution in [0, 0.1) is 0 Å². The number of carbonyl (C=O) groups is 1. The fourth-order valence-electron chi connectivity index (χ4n) is 2.48. The maximum Gasteiger partial charge on any atom is 0.170 e. The average molecular weight is 221 g/mol. The zero-order chi connectivity index (χ0) is 11.5. The van der Waals surface area contributed by atoms with Gasteiger partial charge in [-0.3, -0.25) is 4.79 Å². The van der Waals surface area contributed by atoms with E-state index in [-0.39, 0.29) is 6.04 Å². The van der Waals surface area contributed by atoms with Gasteiger partial charge in [0, 0.05) is 12.0 Å². The number of hydrogen-bond donors (Lipinski definition) is 0. The summed E-state index contributed by atoms with van der Waals surface area (Å²) < 4.78 is 1.73. The molecule has 1 aliphatic carbocycles. The van der Waals surface area contributed by atoms with Gasteiger partial charge in [0.1, 0.15) is 5.69 Å². The summed E-state index contributed by atoms with van der Waals surface area (Å²) in [5, 5.41) is 8.31. The molecule has 0 N–H and O–H groups in total. The Morgan fingerprint density at radius 3 is 2.56 bits per heavy atom. The van der Waals surface area contributed by atoms with Crippen LogP contribution in [0.3, 0.4) is 0 Å². The Morgan fingerprint density at radius 1 is 1.31 bits per heavy atom. The van der Waals surface area contributed by atoms with Crippen LogP contribution < -0.4 is 0 Å². The fraction of sp³-hybridized carbons (Fsp3) is 0.750. The lowest BCUT2D eigenvalue weighted by molar-refractivity contribution is 0.111. The number of aldehydes is 1. The highest BCUT2D eigenvalue weighted by molar-refractivity contribution is 5.74. The minimum absolute atomic E-state index is 0.199. The molecular formula is C12H19N3O. The van der Waals surface area contributed by atoms with Crippen LogP contribution in [0.5, 0.6) is 0 Å². The number of rotatable bonds is 3. The fourth-order valence-corrected chi connectivity index (χ4v) is 2.48. The third-order valence-corrected chi connectivity index (χ3v) is 3.35. The Labute approximate surface area is 96.0 Å². The van der Waals surface area contributed by atoms with E-state index < -0.39 is 0 Å². The molecule has 2 rings (SSSR count). The van der Waals surface area contributed by atoms with Crippen molar-refractivity contribution in [2.75, 3.05) is 0 Å². The van der Waals surface area contributed by atoms with Gasteiger partial charge in [0.05, 0.1) is 5.69 Å². The second kappa shape index (κ2) is 4.76. The highest BCUT2D eigenvalue weighted by Gasteiger charge is 2.24. The first kappa shape index (κ1) is 11.3.